The molecule has 0 spiro atoms. The number of hydrogen-bond donors (Lipinski definition) is 0. The van der Waals surface area contributed by atoms with Crippen LogP contribution in [0.15, 0.2) is 57.8 Å². The largest absolute Gasteiger partial charge is 0.337 e. The van der Waals surface area contributed by atoms with Crippen molar-refractivity contribution in [2.45, 2.75) is 25.4 Å². The number of nitrogens with zero attached hydrogens (tertiary/aromatic N) is 4. The molecule has 3 heterocycles. The molecule has 1 amide bonds. The molecule has 0 radical (unpaired) electrons. The number of hydrogen-bond acceptors (Lipinski definition) is 5. The van der Waals surface area contributed by atoms with Gasteiger partial charge in [-0.3, -0.25) is 9.78 Å². The second-order valence-electron chi connectivity index (χ2n) is 5.90. The Balaban J connectivity index is 1.59. The summed E-state index contributed by atoms with van der Waals surface area (Å²) in [5.74, 6) is 1.10. The van der Waals surface area contributed by atoms with E-state index in [0.717, 1.165) is 15.6 Å². The van der Waals surface area contributed by atoms with Gasteiger partial charge in [-0.2, -0.15) is 4.98 Å². The van der Waals surface area contributed by atoms with Crippen LogP contribution in [0.4, 0.5) is 0 Å². The van der Waals surface area contributed by atoms with Crippen LogP contribution >= 0.6 is 15.9 Å². The van der Waals surface area contributed by atoms with Crippen LogP contribution in [0.3, 0.4) is 0 Å². The Bertz CT molecular complexity index is 897. The van der Waals surface area contributed by atoms with Crippen molar-refractivity contribution in [2.75, 3.05) is 0 Å². The van der Waals surface area contributed by atoms with E-state index < -0.39 is 0 Å². The van der Waals surface area contributed by atoms with Gasteiger partial charge < -0.3 is 9.42 Å². The van der Waals surface area contributed by atoms with E-state index in [1.807, 2.05) is 41.3 Å². The zero-order valence-electron chi connectivity index (χ0n) is 13.3. The van der Waals surface area contributed by atoms with E-state index in [1.165, 1.54) is 0 Å². The van der Waals surface area contributed by atoms with E-state index in [-0.39, 0.29) is 11.9 Å². The number of aromatic nitrogens is 3. The predicted octanol–water partition coefficient (Wildman–Crippen LogP) is 3.76. The average Bonchev–Trinajstić information content (AvgIpc) is 3.24. The number of pyridine rings is 1. The van der Waals surface area contributed by atoms with Crippen molar-refractivity contribution in [2.24, 2.45) is 0 Å². The molecule has 126 valence electrons. The molecule has 7 heteroatoms. The van der Waals surface area contributed by atoms with Gasteiger partial charge in [0.2, 0.25) is 17.6 Å². The van der Waals surface area contributed by atoms with Gasteiger partial charge >= 0.3 is 0 Å². The van der Waals surface area contributed by atoms with Crippen molar-refractivity contribution < 1.29 is 9.32 Å². The molecule has 25 heavy (non-hydrogen) atoms. The van der Waals surface area contributed by atoms with Crippen molar-refractivity contribution in [1.82, 2.24) is 20.0 Å². The second-order valence-corrected chi connectivity index (χ2v) is 6.81. The minimum Gasteiger partial charge on any atom is -0.337 e. The number of rotatable bonds is 4. The minimum absolute atomic E-state index is 0.105. The van der Waals surface area contributed by atoms with Crippen LogP contribution in [0, 0.1) is 0 Å². The molecule has 3 aromatic rings. The molecular formula is C18H15BrN4O2. The highest BCUT2D eigenvalue weighted by atomic mass is 79.9. The first-order chi connectivity index (χ1) is 12.2. The molecule has 1 saturated heterocycles. The summed E-state index contributed by atoms with van der Waals surface area (Å²) in [5, 5.41) is 4.05. The lowest BCUT2D eigenvalue weighted by atomic mass is 10.2. The van der Waals surface area contributed by atoms with Gasteiger partial charge in [-0.25, -0.2) is 0 Å². The normalized spacial score (nSPS) is 17.2. The number of carbonyl (C=O) groups is 1. The summed E-state index contributed by atoms with van der Waals surface area (Å²) in [6, 6.07) is 11.4. The maximum Gasteiger partial charge on any atom is 0.249 e. The third-order valence-corrected chi connectivity index (χ3v) is 4.73. The number of amides is 1. The summed E-state index contributed by atoms with van der Waals surface area (Å²) in [4.78, 5) is 22.6. The Morgan fingerprint density at radius 3 is 2.88 bits per heavy atom. The molecule has 0 aliphatic carbocycles. The lowest BCUT2D eigenvalue weighted by Crippen LogP contribution is -2.27. The van der Waals surface area contributed by atoms with E-state index in [0.29, 0.717) is 31.1 Å². The summed E-state index contributed by atoms with van der Waals surface area (Å²) >= 11 is 3.47. The van der Waals surface area contributed by atoms with Gasteiger partial charge in [0.25, 0.3) is 0 Å². The quantitative estimate of drug-likeness (QED) is 0.668. The molecule has 1 unspecified atom stereocenters. The third-order valence-electron chi connectivity index (χ3n) is 4.24. The molecule has 1 aromatic carbocycles. The monoisotopic (exact) mass is 398 g/mol. The van der Waals surface area contributed by atoms with Crippen LogP contribution in [0.5, 0.6) is 0 Å². The fourth-order valence-electron chi connectivity index (χ4n) is 3.01. The number of carbonyl (C=O) groups excluding carboxylic acids is 1. The van der Waals surface area contributed by atoms with E-state index in [2.05, 4.69) is 31.1 Å². The molecule has 6 nitrogen and oxygen atoms in total. The third kappa shape index (κ3) is 3.32. The molecule has 0 saturated carbocycles. The van der Waals surface area contributed by atoms with Gasteiger partial charge in [-0.1, -0.05) is 33.2 Å². The fourth-order valence-corrected chi connectivity index (χ4v) is 3.46. The average molecular weight is 399 g/mol. The van der Waals surface area contributed by atoms with E-state index in [9.17, 15) is 4.79 Å². The van der Waals surface area contributed by atoms with Gasteiger partial charge in [0.1, 0.15) is 6.04 Å². The Labute approximate surface area is 153 Å². The first-order valence-corrected chi connectivity index (χ1v) is 8.78. The van der Waals surface area contributed by atoms with Crippen LogP contribution in [0.25, 0.3) is 11.4 Å². The SMILES string of the molecule is O=C1CCC(c2nc(-c3ccncc3)no2)N1Cc1cccc(Br)c1. The molecule has 1 aliphatic rings. The van der Waals surface area contributed by atoms with Gasteiger partial charge in [-0.05, 0) is 36.2 Å². The zero-order chi connectivity index (χ0) is 17.2. The maximum absolute atomic E-state index is 12.3. The number of benzene rings is 1. The number of halogens is 1. The summed E-state index contributed by atoms with van der Waals surface area (Å²) < 4.78 is 6.45. The smallest absolute Gasteiger partial charge is 0.249 e. The minimum atomic E-state index is -0.186. The topological polar surface area (TPSA) is 72.1 Å². The Kier molecular flexibility index (Phi) is 4.31. The van der Waals surface area contributed by atoms with Crippen molar-refractivity contribution in [3.05, 3.63) is 64.7 Å². The van der Waals surface area contributed by atoms with Crippen LogP contribution in [0.1, 0.15) is 30.3 Å². The zero-order valence-corrected chi connectivity index (χ0v) is 14.9. The maximum atomic E-state index is 12.3. The molecule has 1 fully saturated rings. The molecule has 0 bridgehead atoms. The van der Waals surface area contributed by atoms with Crippen molar-refractivity contribution in [1.29, 1.82) is 0 Å². The molecule has 0 N–H and O–H groups in total. The molecular weight excluding hydrogens is 384 g/mol. The Morgan fingerprint density at radius 1 is 1.24 bits per heavy atom. The van der Waals surface area contributed by atoms with Crippen molar-refractivity contribution >= 4 is 21.8 Å². The predicted molar refractivity (Wildman–Crippen MR) is 94.2 cm³/mol. The first-order valence-electron chi connectivity index (χ1n) is 7.98. The summed E-state index contributed by atoms with van der Waals surface area (Å²) in [6.45, 7) is 0.524. The van der Waals surface area contributed by atoms with Crippen LogP contribution < -0.4 is 0 Å². The van der Waals surface area contributed by atoms with Crippen LogP contribution in [-0.2, 0) is 11.3 Å². The molecule has 4 rings (SSSR count). The fraction of sp³-hybridized carbons (Fsp3) is 0.222. The highest BCUT2D eigenvalue weighted by Crippen LogP contribution is 2.34. The number of likely N-dealkylation sites (tertiary alicyclic amines) is 1. The van der Waals surface area contributed by atoms with Gasteiger partial charge in [0.15, 0.2) is 0 Å². The van der Waals surface area contributed by atoms with Gasteiger partial charge in [0, 0.05) is 35.4 Å². The van der Waals surface area contributed by atoms with Crippen molar-refractivity contribution in [3.8, 4) is 11.4 Å². The van der Waals surface area contributed by atoms with Gasteiger partial charge in [-0.15, -0.1) is 0 Å². The molecule has 1 aliphatic heterocycles. The van der Waals surface area contributed by atoms with Crippen LogP contribution in [0.2, 0.25) is 0 Å². The van der Waals surface area contributed by atoms with Crippen LogP contribution in [-0.4, -0.2) is 25.9 Å². The summed E-state index contributed by atoms with van der Waals surface area (Å²) in [5.41, 5.74) is 1.90. The summed E-state index contributed by atoms with van der Waals surface area (Å²) in [7, 11) is 0. The Hall–Kier alpha value is -2.54. The molecule has 2 aromatic heterocycles. The van der Waals surface area contributed by atoms with Gasteiger partial charge in [0.05, 0.1) is 0 Å². The highest BCUT2D eigenvalue weighted by molar-refractivity contribution is 9.10. The lowest BCUT2D eigenvalue weighted by Gasteiger charge is -2.22. The lowest BCUT2D eigenvalue weighted by molar-refractivity contribution is -0.129. The second kappa shape index (κ2) is 6.76. The standard InChI is InChI=1S/C18H15BrN4O2/c19-14-3-1-2-12(10-14)11-23-15(4-5-16(23)24)18-21-17(22-25-18)13-6-8-20-9-7-13/h1-3,6-10,15H,4-5,11H2. The first kappa shape index (κ1) is 16.0. The highest BCUT2D eigenvalue weighted by Gasteiger charge is 2.36. The van der Waals surface area contributed by atoms with E-state index >= 15 is 0 Å². The molecule has 1 atom stereocenters. The summed E-state index contributed by atoms with van der Waals surface area (Å²) in [6.07, 6.45) is 4.55. The van der Waals surface area contributed by atoms with E-state index in [1.54, 1.807) is 12.4 Å². The van der Waals surface area contributed by atoms with Crippen molar-refractivity contribution in [3.63, 3.8) is 0 Å². The van der Waals surface area contributed by atoms with E-state index in [4.69, 9.17) is 4.52 Å². The Morgan fingerprint density at radius 2 is 2.08 bits per heavy atom.